The Balaban J connectivity index is 1.70. The van der Waals surface area contributed by atoms with E-state index < -0.39 is 5.97 Å². The van der Waals surface area contributed by atoms with Crippen LogP contribution in [-0.4, -0.2) is 29.6 Å². The molecule has 0 saturated carbocycles. The molecule has 2 aromatic rings. The fourth-order valence-corrected chi connectivity index (χ4v) is 2.86. The normalized spacial score (nSPS) is 14.4. The van der Waals surface area contributed by atoms with Crippen LogP contribution in [0.15, 0.2) is 42.5 Å². The van der Waals surface area contributed by atoms with E-state index in [2.05, 4.69) is 17.0 Å². The third-order valence-corrected chi connectivity index (χ3v) is 4.11. The molecule has 1 aliphatic heterocycles. The lowest BCUT2D eigenvalue weighted by molar-refractivity contribution is 0.0697. The van der Waals surface area contributed by atoms with Gasteiger partial charge in [0, 0.05) is 19.6 Å². The Morgan fingerprint density at radius 3 is 2.64 bits per heavy atom. The highest BCUT2D eigenvalue weighted by atomic mass is 16.5. The Bertz CT molecular complexity index is 679. The van der Waals surface area contributed by atoms with Gasteiger partial charge in [0.15, 0.2) is 0 Å². The maximum Gasteiger partial charge on any atom is 0.335 e. The van der Waals surface area contributed by atoms with Crippen molar-refractivity contribution in [3.63, 3.8) is 0 Å². The molecule has 4 nitrogen and oxygen atoms in total. The van der Waals surface area contributed by atoms with Crippen molar-refractivity contribution in [1.82, 2.24) is 4.90 Å². The number of carboxylic acids is 1. The number of methoxy groups -OCH3 is 1. The van der Waals surface area contributed by atoms with Gasteiger partial charge in [0.1, 0.15) is 5.75 Å². The van der Waals surface area contributed by atoms with Crippen molar-refractivity contribution < 1.29 is 14.6 Å². The van der Waals surface area contributed by atoms with Gasteiger partial charge in [0.05, 0.1) is 12.7 Å². The van der Waals surface area contributed by atoms with Gasteiger partial charge in [-0.25, -0.2) is 4.79 Å². The highest BCUT2D eigenvalue weighted by Gasteiger charge is 2.17. The van der Waals surface area contributed by atoms with Gasteiger partial charge in [-0.15, -0.1) is 0 Å². The van der Waals surface area contributed by atoms with E-state index in [1.165, 1.54) is 11.1 Å². The molecule has 0 aromatic heterocycles. The van der Waals surface area contributed by atoms with E-state index in [-0.39, 0.29) is 0 Å². The molecule has 3 rings (SSSR count). The number of aromatic carboxylic acids is 1. The third kappa shape index (κ3) is 3.12. The first-order valence-corrected chi connectivity index (χ1v) is 7.36. The second-order valence-electron chi connectivity index (χ2n) is 5.60. The number of carbonyl (C=O) groups is 1. The van der Waals surface area contributed by atoms with Crippen LogP contribution >= 0.6 is 0 Å². The van der Waals surface area contributed by atoms with Crippen LogP contribution < -0.4 is 4.74 Å². The van der Waals surface area contributed by atoms with Gasteiger partial charge >= 0.3 is 5.97 Å². The van der Waals surface area contributed by atoms with Gasteiger partial charge in [-0.3, -0.25) is 4.90 Å². The van der Waals surface area contributed by atoms with Crippen LogP contribution in [0.25, 0.3) is 0 Å². The summed E-state index contributed by atoms with van der Waals surface area (Å²) in [6, 6.07) is 13.4. The zero-order chi connectivity index (χ0) is 15.5. The predicted octanol–water partition coefficient (Wildman–Crippen LogP) is 2.95. The molecule has 0 radical (unpaired) electrons. The second-order valence-corrected chi connectivity index (χ2v) is 5.60. The van der Waals surface area contributed by atoms with Crippen LogP contribution in [0, 0.1) is 0 Å². The van der Waals surface area contributed by atoms with Gasteiger partial charge in [0.2, 0.25) is 0 Å². The Morgan fingerprint density at radius 1 is 1.18 bits per heavy atom. The van der Waals surface area contributed by atoms with Crippen molar-refractivity contribution in [3.05, 3.63) is 64.7 Å². The molecule has 2 aromatic carbocycles. The molecular formula is C18H19NO3. The van der Waals surface area contributed by atoms with E-state index in [1.54, 1.807) is 19.2 Å². The number of benzene rings is 2. The number of carboxylic acid groups (broad SMARTS) is 1. The zero-order valence-corrected chi connectivity index (χ0v) is 12.6. The molecule has 114 valence electrons. The molecular weight excluding hydrogens is 278 g/mol. The number of rotatable bonds is 4. The first-order valence-electron chi connectivity index (χ1n) is 7.36. The van der Waals surface area contributed by atoms with Crippen LogP contribution in [0.4, 0.5) is 0 Å². The minimum absolute atomic E-state index is 0.331. The maximum atomic E-state index is 10.9. The molecule has 0 aliphatic carbocycles. The molecule has 4 heteroatoms. The first-order chi connectivity index (χ1) is 10.7. The molecule has 0 amide bonds. The molecule has 1 aliphatic rings. The number of hydrogen-bond acceptors (Lipinski definition) is 3. The van der Waals surface area contributed by atoms with Crippen molar-refractivity contribution in [3.8, 4) is 5.75 Å². The molecule has 22 heavy (non-hydrogen) atoms. The summed E-state index contributed by atoms with van der Waals surface area (Å²) in [6.45, 7) is 2.74. The number of ether oxygens (including phenoxy) is 1. The zero-order valence-electron chi connectivity index (χ0n) is 12.6. The van der Waals surface area contributed by atoms with Crippen LogP contribution in [-0.2, 0) is 19.5 Å². The van der Waals surface area contributed by atoms with E-state index in [0.29, 0.717) is 5.56 Å². The van der Waals surface area contributed by atoms with Crippen molar-refractivity contribution in [2.75, 3.05) is 13.7 Å². The van der Waals surface area contributed by atoms with E-state index in [1.807, 2.05) is 18.2 Å². The highest BCUT2D eigenvalue weighted by molar-refractivity contribution is 5.87. The second kappa shape index (κ2) is 6.20. The summed E-state index contributed by atoms with van der Waals surface area (Å²) in [6.07, 6.45) is 1.03. The van der Waals surface area contributed by atoms with Crippen molar-refractivity contribution in [1.29, 1.82) is 0 Å². The van der Waals surface area contributed by atoms with Crippen LogP contribution in [0.1, 0.15) is 27.0 Å². The molecule has 0 atom stereocenters. The monoisotopic (exact) mass is 297 g/mol. The SMILES string of the molecule is COc1ccc2c(c1)CN(Cc1ccc(C(=O)O)cc1)CC2. The van der Waals surface area contributed by atoms with Crippen molar-refractivity contribution >= 4 is 5.97 Å². The third-order valence-electron chi connectivity index (χ3n) is 4.11. The summed E-state index contributed by atoms with van der Waals surface area (Å²) in [5, 5.41) is 8.93. The molecule has 1 N–H and O–H groups in total. The lowest BCUT2D eigenvalue weighted by atomic mass is 9.99. The average Bonchev–Trinajstić information content (AvgIpc) is 2.54. The van der Waals surface area contributed by atoms with E-state index in [0.717, 1.165) is 37.4 Å². The standard InChI is InChI=1S/C18H19NO3/c1-22-17-7-6-14-8-9-19(12-16(14)10-17)11-13-2-4-15(5-3-13)18(20)21/h2-7,10H,8-9,11-12H2,1H3,(H,20,21). The molecule has 0 saturated heterocycles. The lowest BCUT2D eigenvalue weighted by Gasteiger charge is -2.29. The van der Waals surface area contributed by atoms with Gasteiger partial charge in [-0.05, 0) is 47.4 Å². The first kappa shape index (κ1) is 14.6. The van der Waals surface area contributed by atoms with Gasteiger partial charge in [0.25, 0.3) is 0 Å². The van der Waals surface area contributed by atoms with Crippen molar-refractivity contribution in [2.45, 2.75) is 19.5 Å². The molecule has 0 bridgehead atoms. The van der Waals surface area contributed by atoms with E-state index >= 15 is 0 Å². The lowest BCUT2D eigenvalue weighted by Crippen LogP contribution is -2.30. The predicted molar refractivity (Wildman–Crippen MR) is 84.2 cm³/mol. The Labute approximate surface area is 130 Å². The van der Waals surface area contributed by atoms with Gasteiger partial charge in [-0.1, -0.05) is 18.2 Å². The largest absolute Gasteiger partial charge is 0.497 e. The fourth-order valence-electron chi connectivity index (χ4n) is 2.86. The quantitative estimate of drug-likeness (QED) is 0.942. The summed E-state index contributed by atoms with van der Waals surface area (Å²) in [4.78, 5) is 13.3. The van der Waals surface area contributed by atoms with Gasteiger partial charge < -0.3 is 9.84 Å². The minimum atomic E-state index is -0.884. The maximum absolute atomic E-state index is 10.9. The van der Waals surface area contributed by atoms with Crippen LogP contribution in [0.2, 0.25) is 0 Å². The van der Waals surface area contributed by atoms with E-state index in [9.17, 15) is 4.79 Å². The summed E-state index contributed by atoms with van der Waals surface area (Å²) >= 11 is 0. The molecule has 1 heterocycles. The highest BCUT2D eigenvalue weighted by Crippen LogP contribution is 2.24. The van der Waals surface area contributed by atoms with E-state index in [4.69, 9.17) is 9.84 Å². The Hall–Kier alpha value is -2.33. The molecule has 0 spiro atoms. The smallest absolute Gasteiger partial charge is 0.335 e. The fraction of sp³-hybridized carbons (Fsp3) is 0.278. The summed E-state index contributed by atoms with van der Waals surface area (Å²) in [5.41, 5.74) is 4.17. The summed E-state index contributed by atoms with van der Waals surface area (Å²) < 4.78 is 5.30. The summed E-state index contributed by atoms with van der Waals surface area (Å²) in [5.74, 6) is 0.0111. The van der Waals surface area contributed by atoms with Gasteiger partial charge in [-0.2, -0.15) is 0 Å². The topological polar surface area (TPSA) is 49.8 Å². The van der Waals surface area contributed by atoms with Crippen molar-refractivity contribution in [2.24, 2.45) is 0 Å². The Morgan fingerprint density at radius 2 is 1.95 bits per heavy atom. The Kier molecular flexibility index (Phi) is 4.11. The van der Waals surface area contributed by atoms with Crippen LogP contribution in [0.3, 0.4) is 0 Å². The average molecular weight is 297 g/mol. The number of nitrogens with zero attached hydrogens (tertiary/aromatic N) is 1. The number of fused-ring (bicyclic) bond motifs is 1. The van der Waals surface area contributed by atoms with Crippen LogP contribution in [0.5, 0.6) is 5.75 Å². The molecule has 0 unspecified atom stereocenters. The summed E-state index contributed by atoms with van der Waals surface area (Å²) in [7, 11) is 1.69. The number of hydrogen-bond donors (Lipinski definition) is 1. The molecule has 0 fully saturated rings. The minimum Gasteiger partial charge on any atom is -0.497 e.